The van der Waals surface area contributed by atoms with Gasteiger partial charge in [-0.05, 0) is 50.6 Å². The molecule has 2 fully saturated rings. The number of rotatable bonds is 2. The van der Waals surface area contributed by atoms with Crippen LogP contribution in [0.5, 0.6) is 0 Å². The molecular formula is C24H26N4O. The van der Waals surface area contributed by atoms with Gasteiger partial charge in [0.1, 0.15) is 0 Å². The van der Waals surface area contributed by atoms with E-state index in [1.807, 2.05) is 36.9 Å². The predicted octanol–water partition coefficient (Wildman–Crippen LogP) is 3.62. The van der Waals surface area contributed by atoms with Crippen LogP contribution in [-0.4, -0.2) is 52.4 Å². The van der Waals surface area contributed by atoms with Gasteiger partial charge in [0, 0.05) is 37.2 Å². The third-order valence-electron chi connectivity index (χ3n) is 6.65. The van der Waals surface area contributed by atoms with Crippen LogP contribution in [-0.2, 0) is 0 Å². The van der Waals surface area contributed by atoms with Crippen LogP contribution in [0.25, 0.3) is 11.0 Å². The van der Waals surface area contributed by atoms with Crippen LogP contribution < -0.4 is 0 Å². The van der Waals surface area contributed by atoms with E-state index in [1.54, 1.807) is 0 Å². The highest BCUT2D eigenvalue weighted by Gasteiger charge is 2.47. The first-order valence-corrected chi connectivity index (χ1v) is 10.3. The molecule has 1 aromatic heterocycles. The quantitative estimate of drug-likeness (QED) is 0.675. The maximum absolute atomic E-state index is 13.3. The second-order valence-corrected chi connectivity index (χ2v) is 8.53. The molecule has 5 rings (SSSR count). The zero-order chi connectivity index (χ0) is 20.1. The Morgan fingerprint density at radius 3 is 2.41 bits per heavy atom. The maximum Gasteiger partial charge on any atom is 0.253 e. The molecule has 2 saturated heterocycles. The Labute approximate surface area is 171 Å². The molecule has 1 amide bonds. The smallest absolute Gasteiger partial charge is 0.253 e. The molecule has 0 bridgehead atoms. The van der Waals surface area contributed by atoms with Crippen LogP contribution in [0, 0.1) is 25.7 Å². The average Bonchev–Trinajstić information content (AvgIpc) is 3.25. The van der Waals surface area contributed by atoms with Crippen LogP contribution in [0.4, 0.5) is 0 Å². The molecule has 0 radical (unpaired) electrons. The molecule has 0 aliphatic carbocycles. The molecule has 148 valence electrons. The van der Waals surface area contributed by atoms with Crippen molar-refractivity contribution >= 4 is 16.9 Å². The summed E-state index contributed by atoms with van der Waals surface area (Å²) in [5.41, 5.74) is 5.53. The minimum absolute atomic E-state index is 0.107. The lowest BCUT2D eigenvalue weighted by molar-refractivity contribution is 0.0768. The van der Waals surface area contributed by atoms with Crippen molar-refractivity contribution in [3.63, 3.8) is 0 Å². The van der Waals surface area contributed by atoms with E-state index in [0.29, 0.717) is 23.4 Å². The van der Waals surface area contributed by atoms with Gasteiger partial charge in [-0.3, -0.25) is 9.69 Å². The summed E-state index contributed by atoms with van der Waals surface area (Å²) >= 11 is 0. The van der Waals surface area contributed by atoms with Crippen LogP contribution in [0.15, 0.2) is 48.5 Å². The first kappa shape index (κ1) is 18.3. The van der Waals surface area contributed by atoms with Crippen molar-refractivity contribution < 1.29 is 4.79 Å². The second-order valence-electron chi connectivity index (χ2n) is 8.53. The van der Waals surface area contributed by atoms with Gasteiger partial charge in [0.05, 0.1) is 22.4 Å². The Morgan fingerprint density at radius 2 is 1.66 bits per heavy atom. The van der Waals surface area contributed by atoms with Crippen molar-refractivity contribution in [1.82, 2.24) is 19.8 Å². The standard InChI is InChI=1S/C24H26N4O/c1-15-16(2)26-22-11-18(9-10-21(22)25-15)24(29)28-13-19-12-27(3)23(20(19)14-28)17-7-5-4-6-8-17/h4-11,19-20,23H,12-14H2,1-3H3/t19-,20+,23-/m0/s1. The van der Waals surface area contributed by atoms with Gasteiger partial charge in [-0.15, -0.1) is 0 Å². The summed E-state index contributed by atoms with van der Waals surface area (Å²) in [6.45, 7) is 6.59. The lowest BCUT2D eigenvalue weighted by Gasteiger charge is -2.27. The van der Waals surface area contributed by atoms with E-state index in [9.17, 15) is 4.79 Å². The fraction of sp³-hybridized carbons (Fsp3) is 0.375. The molecule has 29 heavy (non-hydrogen) atoms. The SMILES string of the molecule is Cc1nc2ccc(C(=O)N3C[C@@H]4CN(C)[C@@H](c5ccccc5)[C@@H]4C3)cc2nc1C. The molecule has 0 saturated carbocycles. The number of carbonyl (C=O) groups is 1. The Morgan fingerprint density at radius 1 is 0.931 bits per heavy atom. The number of amides is 1. The number of likely N-dealkylation sites (tertiary alicyclic amines) is 2. The van der Waals surface area contributed by atoms with Crippen molar-refractivity contribution in [3.05, 3.63) is 71.0 Å². The first-order valence-electron chi connectivity index (χ1n) is 10.3. The highest BCUT2D eigenvalue weighted by atomic mass is 16.2. The van der Waals surface area contributed by atoms with Crippen LogP contribution in [0.1, 0.15) is 33.4 Å². The van der Waals surface area contributed by atoms with E-state index in [2.05, 4.69) is 52.2 Å². The Kier molecular flexibility index (Phi) is 4.36. The van der Waals surface area contributed by atoms with Crippen LogP contribution >= 0.6 is 0 Å². The summed E-state index contributed by atoms with van der Waals surface area (Å²) < 4.78 is 0. The summed E-state index contributed by atoms with van der Waals surface area (Å²) in [4.78, 5) is 26.9. The molecule has 5 nitrogen and oxygen atoms in total. The van der Waals surface area contributed by atoms with Crippen LogP contribution in [0.2, 0.25) is 0 Å². The van der Waals surface area contributed by atoms with Crippen molar-refractivity contribution in [3.8, 4) is 0 Å². The molecule has 0 spiro atoms. The Balaban J connectivity index is 1.40. The van der Waals surface area contributed by atoms with E-state index >= 15 is 0 Å². The van der Waals surface area contributed by atoms with Gasteiger partial charge >= 0.3 is 0 Å². The van der Waals surface area contributed by atoms with Crippen molar-refractivity contribution in [2.45, 2.75) is 19.9 Å². The normalized spacial score (nSPS) is 24.2. The third-order valence-corrected chi connectivity index (χ3v) is 6.65. The number of nitrogens with zero attached hydrogens (tertiary/aromatic N) is 4. The molecule has 5 heteroatoms. The highest BCUT2D eigenvalue weighted by Crippen LogP contribution is 2.44. The van der Waals surface area contributed by atoms with Crippen molar-refractivity contribution in [2.24, 2.45) is 11.8 Å². The van der Waals surface area contributed by atoms with Crippen molar-refractivity contribution in [2.75, 3.05) is 26.7 Å². The largest absolute Gasteiger partial charge is 0.338 e. The molecule has 2 aliphatic heterocycles. The topological polar surface area (TPSA) is 49.3 Å². The van der Waals surface area contributed by atoms with E-state index < -0.39 is 0 Å². The zero-order valence-corrected chi connectivity index (χ0v) is 17.2. The monoisotopic (exact) mass is 386 g/mol. The van der Waals surface area contributed by atoms with E-state index in [4.69, 9.17) is 0 Å². The summed E-state index contributed by atoms with van der Waals surface area (Å²) in [7, 11) is 2.20. The molecule has 3 heterocycles. The van der Waals surface area contributed by atoms with Gasteiger partial charge in [0.2, 0.25) is 0 Å². The Bertz CT molecular complexity index is 1080. The number of hydrogen-bond donors (Lipinski definition) is 0. The van der Waals surface area contributed by atoms with E-state index in [-0.39, 0.29) is 5.91 Å². The summed E-state index contributed by atoms with van der Waals surface area (Å²) in [5, 5.41) is 0. The summed E-state index contributed by atoms with van der Waals surface area (Å²) in [6.07, 6.45) is 0. The number of aryl methyl sites for hydroxylation is 2. The van der Waals surface area contributed by atoms with Gasteiger partial charge in [0.15, 0.2) is 0 Å². The second kappa shape index (κ2) is 6.92. The van der Waals surface area contributed by atoms with Gasteiger partial charge in [-0.1, -0.05) is 30.3 Å². The molecule has 3 atom stereocenters. The molecule has 0 N–H and O–H groups in total. The summed E-state index contributed by atoms with van der Waals surface area (Å²) in [6, 6.07) is 16.8. The van der Waals surface area contributed by atoms with Crippen molar-refractivity contribution in [1.29, 1.82) is 0 Å². The number of benzene rings is 2. The van der Waals surface area contributed by atoms with Gasteiger partial charge < -0.3 is 4.90 Å². The van der Waals surface area contributed by atoms with E-state index in [0.717, 1.165) is 42.1 Å². The lowest BCUT2D eigenvalue weighted by Crippen LogP contribution is -2.33. The average molecular weight is 386 g/mol. The molecule has 2 aromatic carbocycles. The lowest BCUT2D eigenvalue weighted by atomic mass is 9.90. The predicted molar refractivity (Wildman–Crippen MR) is 114 cm³/mol. The minimum Gasteiger partial charge on any atom is -0.338 e. The third kappa shape index (κ3) is 3.10. The molecular weight excluding hydrogens is 360 g/mol. The van der Waals surface area contributed by atoms with E-state index in [1.165, 1.54) is 5.56 Å². The Hall–Kier alpha value is -2.79. The molecule has 2 aliphatic rings. The van der Waals surface area contributed by atoms with Gasteiger partial charge in [-0.25, -0.2) is 9.97 Å². The number of carbonyl (C=O) groups excluding carboxylic acids is 1. The number of hydrogen-bond acceptors (Lipinski definition) is 4. The number of aromatic nitrogens is 2. The van der Waals surface area contributed by atoms with Gasteiger partial charge in [0.25, 0.3) is 5.91 Å². The minimum atomic E-state index is 0.107. The first-order chi connectivity index (χ1) is 14.0. The fourth-order valence-electron chi connectivity index (χ4n) is 5.12. The summed E-state index contributed by atoms with van der Waals surface area (Å²) in [5.74, 6) is 1.12. The fourth-order valence-corrected chi connectivity index (χ4v) is 5.12. The molecule has 3 aromatic rings. The van der Waals surface area contributed by atoms with Gasteiger partial charge in [-0.2, -0.15) is 0 Å². The zero-order valence-electron chi connectivity index (χ0n) is 17.2. The highest BCUT2D eigenvalue weighted by molar-refractivity contribution is 5.97. The van der Waals surface area contributed by atoms with Crippen LogP contribution in [0.3, 0.4) is 0 Å². The maximum atomic E-state index is 13.3. The number of fused-ring (bicyclic) bond motifs is 2. The molecule has 0 unspecified atom stereocenters.